The van der Waals surface area contributed by atoms with Crippen molar-refractivity contribution in [1.29, 1.82) is 0 Å². The number of ether oxygens (including phenoxy) is 1. The van der Waals surface area contributed by atoms with Gasteiger partial charge in [0.1, 0.15) is 11.4 Å². The molecule has 0 fully saturated rings. The highest BCUT2D eigenvalue weighted by atomic mass is 32.1. The van der Waals surface area contributed by atoms with Gasteiger partial charge in [-0.15, -0.1) is 16.4 Å². The van der Waals surface area contributed by atoms with Crippen molar-refractivity contribution < 1.29 is 9.53 Å². The van der Waals surface area contributed by atoms with E-state index in [0.29, 0.717) is 22.9 Å². The molecule has 0 radical (unpaired) electrons. The fraction of sp³-hybridized carbons (Fsp3) is 0.143. The maximum Gasteiger partial charge on any atom is 0.212 e. The summed E-state index contributed by atoms with van der Waals surface area (Å²) < 4.78 is 6.80. The van der Waals surface area contributed by atoms with E-state index in [4.69, 9.17) is 4.74 Å². The van der Waals surface area contributed by atoms with E-state index < -0.39 is 0 Å². The van der Waals surface area contributed by atoms with Crippen molar-refractivity contribution in [3.8, 4) is 22.1 Å². The lowest BCUT2D eigenvalue weighted by Crippen LogP contribution is -2.00. The molecule has 7 heteroatoms. The molecular weight excluding hydrogens is 288 g/mol. The van der Waals surface area contributed by atoms with E-state index in [1.54, 1.807) is 11.8 Å². The Morgan fingerprint density at radius 3 is 2.90 bits per heavy atom. The lowest BCUT2D eigenvalue weighted by molar-refractivity contribution is 0.111. The molecule has 0 N–H and O–H groups in total. The molecule has 3 aromatic rings. The maximum absolute atomic E-state index is 11.2. The van der Waals surface area contributed by atoms with Crippen LogP contribution in [0.4, 0.5) is 0 Å². The van der Waals surface area contributed by atoms with E-state index in [2.05, 4.69) is 15.3 Å². The van der Waals surface area contributed by atoms with Gasteiger partial charge in [0.05, 0.1) is 12.8 Å². The SMILES string of the molecule is COc1cccc(-c2c(C=O)nnn2-c2nc(C)cs2)c1. The van der Waals surface area contributed by atoms with Crippen LogP contribution in [0.2, 0.25) is 0 Å². The van der Waals surface area contributed by atoms with Crippen LogP contribution in [0.15, 0.2) is 29.6 Å². The van der Waals surface area contributed by atoms with Crippen molar-refractivity contribution in [3.05, 3.63) is 41.0 Å². The first-order chi connectivity index (χ1) is 10.2. The predicted octanol–water partition coefficient (Wildman–Crippen LogP) is 2.52. The molecule has 0 aliphatic heterocycles. The Labute approximate surface area is 125 Å². The summed E-state index contributed by atoms with van der Waals surface area (Å²) in [4.78, 5) is 15.6. The van der Waals surface area contributed by atoms with E-state index in [9.17, 15) is 4.79 Å². The van der Waals surface area contributed by atoms with E-state index >= 15 is 0 Å². The third-order valence-electron chi connectivity index (χ3n) is 2.94. The fourth-order valence-corrected chi connectivity index (χ4v) is 2.74. The van der Waals surface area contributed by atoms with Gasteiger partial charge in [-0.3, -0.25) is 4.79 Å². The monoisotopic (exact) mass is 300 g/mol. The van der Waals surface area contributed by atoms with Gasteiger partial charge < -0.3 is 4.74 Å². The minimum Gasteiger partial charge on any atom is -0.497 e. The van der Waals surface area contributed by atoms with Gasteiger partial charge in [-0.2, -0.15) is 4.68 Å². The van der Waals surface area contributed by atoms with Crippen molar-refractivity contribution in [3.63, 3.8) is 0 Å². The van der Waals surface area contributed by atoms with Crippen LogP contribution in [0, 0.1) is 6.92 Å². The van der Waals surface area contributed by atoms with E-state index in [1.807, 2.05) is 36.6 Å². The van der Waals surface area contributed by atoms with Crippen LogP contribution in [0.1, 0.15) is 16.2 Å². The summed E-state index contributed by atoms with van der Waals surface area (Å²) in [6.45, 7) is 1.91. The highest BCUT2D eigenvalue weighted by molar-refractivity contribution is 7.12. The average Bonchev–Trinajstić information content (AvgIpc) is 3.12. The zero-order valence-corrected chi connectivity index (χ0v) is 12.3. The van der Waals surface area contributed by atoms with Crippen molar-refractivity contribution in [1.82, 2.24) is 20.0 Å². The Morgan fingerprint density at radius 1 is 1.38 bits per heavy atom. The largest absolute Gasteiger partial charge is 0.497 e. The van der Waals surface area contributed by atoms with Crippen LogP contribution >= 0.6 is 11.3 Å². The number of aldehydes is 1. The quantitative estimate of drug-likeness (QED) is 0.692. The molecule has 0 saturated heterocycles. The summed E-state index contributed by atoms with van der Waals surface area (Å²) in [7, 11) is 1.60. The number of hydrogen-bond acceptors (Lipinski definition) is 6. The summed E-state index contributed by atoms with van der Waals surface area (Å²) in [6.07, 6.45) is 0.693. The molecule has 0 aliphatic carbocycles. The summed E-state index contributed by atoms with van der Waals surface area (Å²) in [5.41, 5.74) is 2.58. The Hall–Kier alpha value is -2.54. The molecule has 0 unspecified atom stereocenters. The van der Waals surface area contributed by atoms with Crippen LogP contribution < -0.4 is 4.74 Å². The number of benzene rings is 1. The topological polar surface area (TPSA) is 69.9 Å². The molecule has 1 aromatic carbocycles. The molecule has 106 valence electrons. The molecule has 0 bridgehead atoms. The van der Waals surface area contributed by atoms with E-state index in [0.717, 1.165) is 11.3 Å². The Kier molecular flexibility index (Phi) is 3.49. The highest BCUT2D eigenvalue weighted by Crippen LogP contribution is 2.28. The van der Waals surface area contributed by atoms with Crippen LogP contribution in [0.5, 0.6) is 5.75 Å². The second-order valence-corrected chi connectivity index (χ2v) is 5.19. The van der Waals surface area contributed by atoms with E-state index in [1.165, 1.54) is 11.3 Å². The molecule has 3 rings (SSSR count). The Balaban J connectivity index is 2.20. The standard InChI is InChI=1S/C14H12N4O2S/c1-9-8-21-14(15-9)18-13(12(7-19)16-17-18)10-4-3-5-11(6-10)20-2/h3-8H,1-2H3. The van der Waals surface area contributed by atoms with Crippen LogP contribution in [-0.2, 0) is 0 Å². The van der Waals surface area contributed by atoms with Gasteiger partial charge in [0.25, 0.3) is 0 Å². The number of nitrogens with zero attached hydrogens (tertiary/aromatic N) is 4. The van der Waals surface area contributed by atoms with Crippen molar-refractivity contribution in [2.24, 2.45) is 0 Å². The van der Waals surface area contributed by atoms with Gasteiger partial charge in [-0.25, -0.2) is 4.98 Å². The summed E-state index contributed by atoms with van der Waals surface area (Å²) >= 11 is 1.45. The molecule has 0 amide bonds. The molecule has 21 heavy (non-hydrogen) atoms. The molecule has 2 heterocycles. The third kappa shape index (κ3) is 2.43. The maximum atomic E-state index is 11.2. The molecule has 0 aliphatic rings. The van der Waals surface area contributed by atoms with Crippen molar-refractivity contribution in [2.45, 2.75) is 6.92 Å². The van der Waals surface area contributed by atoms with Crippen LogP contribution in [0.25, 0.3) is 16.4 Å². The summed E-state index contributed by atoms with van der Waals surface area (Å²) in [5.74, 6) is 0.701. The lowest BCUT2D eigenvalue weighted by Gasteiger charge is -2.06. The third-order valence-corrected chi connectivity index (χ3v) is 3.87. The predicted molar refractivity (Wildman–Crippen MR) is 79.1 cm³/mol. The Morgan fingerprint density at radius 2 is 2.24 bits per heavy atom. The van der Waals surface area contributed by atoms with Gasteiger partial charge in [0.15, 0.2) is 12.0 Å². The highest BCUT2D eigenvalue weighted by Gasteiger charge is 2.18. The lowest BCUT2D eigenvalue weighted by atomic mass is 10.1. The van der Waals surface area contributed by atoms with Crippen molar-refractivity contribution in [2.75, 3.05) is 7.11 Å². The zero-order chi connectivity index (χ0) is 14.8. The number of carbonyl (C=O) groups excluding carboxylic acids is 1. The average molecular weight is 300 g/mol. The second kappa shape index (κ2) is 5.45. The van der Waals surface area contributed by atoms with Crippen LogP contribution in [-0.4, -0.2) is 33.4 Å². The molecular formula is C14H12N4O2S. The molecule has 2 aromatic heterocycles. The first-order valence-electron chi connectivity index (χ1n) is 6.20. The summed E-state index contributed by atoms with van der Waals surface area (Å²) in [5, 5.41) is 10.6. The van der Waals surface area contributed by atoms with Crippen LogP contribution in [0.3, 0.4) is 0 Å². The van der Waals surface area contributed by atoms with Gasteiger partial charge in [0, 0.05) is 10.9 Å². The molecule has 0 saturated carbocycles. The Bertz CT molecular complexity index is 794. The molecule has 6 nitrogen and oxygen atoms in total. The number of aromatic nitrogens is 4. The minimum absolute atomic E-state index is 0.274. The minimum atomic E-state index is 0.274. The van der Waals surface area contributed by atoms with Crippen molar-refractivity contribution >= 4 is 17.6 Å². The zero-order valence-electron chi connectivity index (χ0n) is 11.5. The number of carbonyl (C=O) groups is 1. The second-order valence-electron chi connectivity index (χ2n) is 4.36. The van der Waals surface area contributed by atoms with Gasteiger partial charge in [-0.05, 0) is 19.1 Å². The molecule has 0 atom stereocenters. The number of thiazole rings is 1. The smallest absolute Gasteiger partial charge is 0.212 e. The number of hydrogen-bond donors (Lipinski definition) is 0. The number of rotatable bonds is 4. The van der Waals surface area contributed by atoms with E-state index in [-0.39, 0.29) is 5.69 Å². The number of aryl methyl sites for hydroxylation is 1. The number of methoxy groups -OCH3 is 1. The molecule has 0 spiro atoms. The van der Waals surface area contributed by atoms with Gasteiger partial charge in [-0.1, -0.05) is 17.3 Å². The first kappa shape index (κ1) is 13.4. The van der Waals surface area contributed by atoms with Gasteiger partial charge >= 0.3 is 0 Å². The summed E-state index contributed by atoms with van der Waals surface area (Å²) in [6, 6.07) is 7.41. The van der Waals surface area contributed by atoms with Gasteiger partial charge in [0.2, 0.25) is 5.13 Å². The first-order valence-corrected chi connectivity index (χ1v) is 7.08. The normalized spacial score (nSPS) is 10.6. The fourth-order valence-electron chi connectivity index (χ4n) is 1.99.